The molecule has 1 nitrogen and oxygen atoms in total. The van der Waals surface area contributed by atoms with E-state index in [0.717, 1.165) is 0 Å². The van der Waals surface area contributed by atoms with Gasteiger partial charge in [0, 0.05) is 19.8 Å². The van der Waals surface area contributed by atoms with Gasteiger partial charge in [-0.2, -0.15) is 0 Å². The van der Waals surface area contributed by atoms with Gasteiger partial charge >= 0.3 is 0 Å². The van der Waals surface area contributed by atoms with E-state index in [1.165, 1.54) is 23.2 Å². The maximum absolute atomic E-state index is 2.26. The lowest BCUT2D eigenvalue weighted by atomic mass is 9.91. The van der Waals surface area contributed by atoms with E-state index >= 15 is 0 Å². The predicted molar refractivity (Wildman–Crippen MR) is 66.3 cm³/mol. The molecule has 2 aliphatic rings. The fourth-order valence-electron chi connectivity index (χ4n) is 1.42. The molecule has 2 bridgehead atoms. The SMILES string of the molecule is CC.CC.CN(C)c1ccc2cc1C2. The highest BCUT2D eigenvalue weighted by Gasteiger charge is 2.13. The third kappa shape index (κ3) is 2.76. The number of benzene rings is 1. The van der Waals surface area contributed by atoms with E-state index < -0.39 is 0 Å². The van der Waals surface area contributed by atoms with Crippen LogP contribution in [0.25, 0.3) is 0 Å². The molecule has 0 N–H and O–H groups in total. The Morgan fingerprint density at radius 1 is 1.00 bits per heavy atom. The summed E-state index contributed by atoms with van der Waals surface area (Å²) in [6.45, 7) is 8.00. The molecule has 1 aromatic rings. The third-order valence-electron chi connectivity index (χ3n) is 2.02. The zero-order valence-electron chi connectivity index (χ0n) is 10.4. The number of hydrogen-bond donors (Lipinski definition) is 0. The van der Waals surface area contributed by atoms with Gasteiger partial charge in [0.05, 0.1) is 0 Å². The van der Waals surface area contributed by atoms with Crippen LogP contribution in [0.15, 0.2) is 18.2 Å². The maximum Gasteiger partial charge on any atom is 0.0397 e. The average Bonchev–Trinajstić information content (AvgIpc) is 2.23. The molecular formula is C13H23N. The summed E-state index contributed by atoms with van der Waals surface area (Å²) in [6, 6.07) is 6.64. The van der Waals surface area contributed by atoms with Gasteiger partial charge in [-0.1, -0.05) is 39.8 Å². The Labute approximate surface area is 88.8 Å². The van der Waals surface area contributed by atoms with Crippen molar-refractivity contribution in [2.24, 2.45) is 0 Å². The molecule has 0 saturated heterocycles. The van der Waals surface area contributed by atoms with Crippen LogP contribution in [-0.2, 0) is 6.42 Å². The Hall–Kier alpha value is -0.980. The number of fused-ring (bicyclic) bond motifs is 2. The smallest absolute Gasteiger partial charge is 0.0397 e. The largest absolute Gasteiger partial charge is 0.377 e. The van der Waals surface area contributed by atoms with Crippen molar-refractivity contribution in [3.63, 3.8) is 0 Å². The lowest BCUT2D eigenvalue weighted by molar-refractivity contribution is 1.02. The van der Waals surface area contributed by atoms with Gasteiger partial charge < -0.3 is 4.90 Å². The molecule has 2 aliphatic carbocycles. The van der Waals surface area contributed by atoms with Crippen molar-refractivity contribution in [1.82, 2.24) is 0 Å². The fourth-order valence-corrected chi connectivity index (χ4v) is 1.42. The molecule has 0 radical (unpaired) electrons. The highest BCUT2D eigenvalue weighted by Crippen LogP contribution is 2.30. The van der Waals surface area contributed by atoms with Gasteiger partial charge in [0.2, 0.25) is 0 Å². The molecule has 3 rings (SSSR count). The van der Waals surface area contributed by atoms with Crippen molar-refractivity contribution in [3.05, 3.63) is 29.3 Å². The first-order valence-corrected chi connectivity index (χ1v) is 5.56. The maximum atomic E-state index is 2.26. The van der Waals surface area contributed by atoms with Crippen LogP contribution < -0.4 is 4.90 Å². The Bertz CT molecular complexity index is 260. The molecule has 0 saturated carbocycles. The van der Waals surface area contributed by atoms with Crippen LogP contribution in [0.2, 0.25) is 0 Å². The van der Waals surface area contributed by atoms with Crippen LogP contribution in [0.1, 0.15) is 38.8 Å². The van der Waals surface area contributed by atoms with Gasteiger partial charge in [0.15, 0.2) is 0 Å². The van der Waals surface area contributed by atoms with Gasteiger partial charge in [-0.05, 0) is 23.6 Å². The second-order valence-corrected chi connectivity index (χ2v) is 3.03. The molecule has 0 amide bonds. The molecule has 0 atom stereocenters. The lowest BCUT2D eigenvalue weighted by Crippen LogP contribution is -2.15. The van der Waals surface area contributed by atoms with E-state index in [-0.39, 0.29) is 0 Å². The fraction of sp³-hybridized carbons (Fsp3) is 0.538. The minimum atomic E-state index is 1.18. The molecule has 0 heterocycles. The van der Waals surface area contributed by atoms with E-state index in [4.69, 9.17) is 0 Å². The first-order valence-electron chi connectivity index (χ1n) is 5.56. The number of rotatable bonds is 1. The zero-order valence-corrected chi connectivity index (χ0v) is 10.4. The van der Waals surface area contributed by atoms with Crippen LogP contribution in [-0.4, -0.2) is 14.1 Å². The Morgan fingerprint density at radius 2 is 1.50 bits per heavy atom. The number of anilines is 1. The molecule has 80 valence electrons. The third-order valence-corrected chi connectivity index (χ3v) is 2.02. The zero-order chi connectivity index (χ0) is 11.1. The topological polar surface area (TPSA) is 3.24 Å². The first kappa shape index (κ1) is 13.0. The van der Waals surface area contributed by atoms with Crippen molar-refractivity contribution in [1.29, 1.82) is 0 Å². The summed E-state index contributed by atoms with van der Waals surface area (Å²) in [4.78, 5) is 2.16. The average molecular weight is 193 g/mol. The molecule has 0 aliphatic heterocycles. The molecule has 0 aromatic heterocycles. The summed E-state index contributed by atoms with van der Waals surface area (Å²) in [6.07, 6.45) is 1.18. The van der Waals surface area contributed by atoms with Crippen LogP contribution in [0.4, 0.5) is 5.69 Å². The van der Waals surface area contributed by atoms with E-state index in [1.807, 2.05) is 27.7 Å². The van der Waals surface area contributed by atoms with E-state index in [9.17, 15) is 0 Å². The molecule has 14 heavy (non-hydrogen) atoms. The standard InChI is InChI=1S/C9H11N.2C2H6/c1-10(2)9-4-3-7-5-8(9)6-7;2*1-2/h3-5H,6H2,1-2H3;2*1-2H3. The van der Waals surface area contributed by atoms with Crippen molar-refractivity contribution < 1.29 is 0 Å². The lowest BCUT2D eigenvalue weighted by Gasteiger charge is -2.24. The summed E-state index contributed by atoms with van der Waals surface area (Å²) in [5, 5.41) is 0. The number of nitrogens with zero attached hydrogens (tertiary/aromatic N) is 1. The molecule has 0 fully saturated rings. The molecular weight excluding hydrogens is 170 g/mol. The van der Waals surface area contributed by atoms with Gasteiger partial charge in [-0.15, -0.1) is 0 Å². The highest BCUT2D eigenvalue weighted by atomic mass is 15.1. The Morgan fingerprint density at radius 3 is 1.71 bits per heavy atom. The Kier molecular flexibility index (Phi) is 6.02. The minimum absolute atomic E-state index is 1.18. The minimum Gasteiger partial charge on any atom is -0.377 e. The molecule has 1 heteroatoms. The van der Waals surface area contributed by atoms with Crippen molar-refractivity contribution in [2.75, 3.05) is 19.0 Å². The predicted octanol–water partition coefficient (Wildman–Crippen LogP) is 3.71. The van der Waals surface area contributed by atoms with Crippen LogP contribution in [0.5, 0.6) is 0 Å². The number of hydrogen-bond acceptors (Lipinski definition) is 1. The molecule has 0 spiro atoms. The van der Waals surface area contributed by atoms with Crippen molar-refractivity contribution in [2.45, 2.75) is 34.1 Å². The van der Waals surface area contributed by atoms with Crippen molar-refractivity contribution >= 4 is 5.69 Å². The molecule has 0 unspecified atom stereocenters. The quantitative estimate of drug-likeness (QED) is 0.667. The second kappa shape index (κ2) is 6.47. The van der Waals surface area contributed by atoms with Crippen LogP contribution in [0, 0.1) is 0 Å². The highest BCUT2D eigenvalue weighted by molar-refractivity contribution is 5.60. The summed E-state index contributed by atoms with van der Waals surface area (Å²) < 4.78 is 0. The monoisotopic (exact) mass is 193 g/mol. The summed E-state index contributed by atoms with van der Waals surface area (Å²) >= 11 is 0. The summed E-state index contributed by atoms with van der Waals surface area (Å²) in [5.41, 5.74) is 4.33. The summed E-state index contributed by atoms with van der Waals surface area (Å²) in [5.74, 6) is 0. The van der Waals surface area contributed by atoms with Gasteiger partial charge in [-0.25, -0.2) is 0 Å². The van der Waals surface area contributed by atoms with Crippen molar-refractivity contribution in [3.8, 4) is 0 Å². The van der Waals surface area contributed by atoms with E-state index in [0.29, 0.717) is 0 Å². The second-order valence-electron chi connectivity index (χ2n) is 3.03. The first-order chi connectivity index (χ1) is 6.77. The molecule has 1 aromatic carbocycles. The van der Waals surface area contributed by atoms with Gasteiger partial charge in [-0.3, -0.25) is 0 Å². The van der Waals surface area contributed by atoms with Crippen LogP contribution in [0.3, 0.4) is 0 Å². The normalized spacial score (nSPS) is 9.86. The van der Waals surface area contributed by atoms with E-state index in [2.05, 4.69) is 37.2 Å². The van der Waals surface area contributed by atoms with Gasteiger partial charge in [0.25, 0.3) is 0 Å². The summed E-state index contributed by atoms with van der Waals surface area (Å²) in [7, 11) is 4.17. The van der Waals surface area contributed by atoms with E-state index in [1.54, 1.807) is 0 Å². The van der Waals surface area contributed by atoms with Gasteiger partial charge in [0.1, 0.15) is 0 Å². The Balaban J connectivity index is 0.000000379. The van der Waals surface area contributed by atoms with Crippen LogP contribution >= 0.6 is 0 Å².